The van der Waals surface area contributed by atoms with Gasteiger partial charge in [0.2, 0.25) is 0 Å². The predicted octanol–water partition coefficient (Wildman–Crippen LogP) is 2.24. The number of hydrogen-bond acceptors (Lipinski definition) is 3. The average Bonchev–Trinajstić information content (AvgIpc) is 2.70. The Morgan fingerprint density at radius 2 is 2.17 bits per heavy atom. The number of carbonyl (C=O) groups is 1. The van der Waals surface area contributed by atoms with Gasteiger partial charge in [-0.2, -0.15) is 0 Å². The molecule has 0 unspecified atom stereocenters. The smallest absolute Gasteiger partial charge is 0.303 e. The fourth-order valence-electron chi connectivity index (χ4n) is 2.12. The van der Waals surface area contributed by atoms with Gasteiger partial charge in [0.15, 0.2) is 0 Å². The van der Waals surface area contributed by atoms with E-state index in [1.54, 1.807) is 0 Å². The van der Waals surface area contributed by atoms with Crippen molar-refractivity contribution in [1.29, 1.82) is 0 Å². The van der Waals surface area contributed by atoms with Crippen LogP contribution in [0.2, 0.25) is 0 Å². The first-order valence-electron chi connectivity index (χ1n) is 6.17. The van der Waals surface area contributed by atoms with Crippen LogP contribution in [-0.2, 0) is 17.6 Å². The quantitative estimate of drug-likeness (QED) is 0.849. The molecule has 0 bridgehead atoms. The Labute approximate surface area is 105 Å². The molecule has 0 fully saturated rings. The molecule has 0 spiro atoms. The van der Waals surface area contributed by atoms with E-state index in [-0.39, 0.29) is 6.42 Å². The summed E-state index contributed by atoms with van der Waals surface area (Å²) in [6.45, 7) is 4.04. The van der Waals surface area contributed by atoms with E-state index in [1.807, 2.05) is 13.1 Å². The molecule has 0 amide bonds. The lowest BCUT2D eigenvalue weighted by molar-refractivity contribution is -0.136. The van der Waals surface area contributed by atoms with Crippen molar-refractivity contribution >= 4 is 17.0 Å². The first kappa shape index (κ1) is 12.5. The fraction of sp³-hybridized carbons (Fsp3) is 0.462. The van der Waals surface area contributed by atoms with Crippen LogP contribution in [0, 0.1) is 6.92 Å². The van der Waals surface area contributed by atoms with Crippen LogP contribution in [0.15, 0.2) is 6.20 Å². The van der Waals surface area contributed by atoms with Crippen molar-refractivity contribution in [3.8, 4) is 0 Å². The molecule has 0 radical (unpaired) electrons. The van der Waals surface area contributed by atoms with Crippen LogP contribution in [0.5, 0.6) is 0 Å². The van der Waals surface area contributed by atoms with Crippen LogP contribution in [0.3, 0.4) is 0 Å². The summed E-state index contributed by atoms with van der Waals surface area (Å²) in [5.74, 6) is 0.0552. The molecule has 0 atom stereocenters. The van der Waals surface area contributed by atoms with Gasteiger partial charge in [-0.15, -0.1) is 0 Å². The molecule has 2 N–H and O–H groups in total. The van der Waals surface area contributed by atoms with Gasteiger partial charge < -0.3 is 10.1 Å². The minimum Gasteiger partial charge on any atom is -0.481 e. The zero-order valence-corrected chi connectivity index (χ0v) is 10.7. The third kappa shape index (κ3) is 2.50. The van der Waals surface area contributed by atoms with E-state index >= 15 is 0 Å². The topological polar surface area (TPSA) is 78.9 Å². The summed E-state index contributed by atoms with van der Waals surface area (Å²) in [4.78, 5) is 22.7. The zero-order chi connectivity index (χ0) is 13.1. The number of carboxylic acid groups (broad SMARTS) is 1. The number of nitrogens with one attached hydrogen (secondary N) is 1. The van der Waals surface area contributed by atoms with Crippen molar-refractivity contribution in [3.05, 3.63) is 23.3 Å². The summed E-state index contributed by atoms with van der Waals surface area (Å²) in [5.41, 5.74) is 2.71. The molecule has 18 heavy (non-hydrogen) atoms. The average molecular weight is 247 g/mol. The first-order valence-corrected chi connectivity index (χ1v) is 6.17. The highest BCUT2D eigenvalue weighted by Gasteiger charge is 2.11. The standard InChI is InChI=1S/C13H17N3O2/c1-3-4-10-15-8(2)12-9(5-6-11(17)18)7-14-13(12)16-10/h7H,3-6H2,1-2H3,(H,17,18)(H,14,15,16). The van der Waals surface area contributed by atoms with Crippen LogP contribution >= 0.6 is 0 Å². The van der Waals surface area contributed by atoms with E-state index in [1.165, 1.54) is 0 Å². The van der Waals surface area contributed by atoms with E-state index in [0.717, 1.165) is 41.0 Å². The van der Waals surface area contributed by atoms with Crippen molar-refractivity contribution in [3.63, 3.8) is 0 Å². The van der Waals surface area contributed by atoms with Crippen LogP contribution < -0.4 is 0 Å². The number of aryl methyl sites for hydroxylation is 3. The molecule has 2 rings (SSSR count). The molecule has 0 saturated carbocycles. The fourth-order valence-corrected chi connectivity index (χ4v) is 2.12. The first-order chi connectivity index (χ1) is 8.61. The number of nitrogens with zero attached hydrogens (tertiary/aromatic N) is 2. The SMILES string of the molecule is CCCc1nc(C)c2c(CCC(=O)O)c[nH]c2n1. The van der Waals surface area contributed by atoms with Gasteiger partial charge in [0.05, 0.1) is 5.69 Å². The van der Waals surface area contributed by atoms with E-state index < -0.39 is 5.97 Å². The van der Waals surface area contributed by atoms with E-state index in [4.69, 9.17) is 5.11 Å². The van der Waals surface area contributed by atoms with Crippen LogP contribution in [0.1, 0.15) is 36.8 Å². The molecule has 0 saturated heterocycles. The second-order valence-electron chi connectivity index (χ2n) is 4.41. The summed E-state index contributed by atoms with van der Waals surface area (Å²) in [5, 5.41) is 9.69. The van der Waals surface area contributed by atoms with E-state index in [2.05, 4.69) is 21.9 Å². The maximum atomic E-state index is 10.6. The van der Waals surface area contributed by atoms with Gasteiger partial charge in [-0.05, 0) is 25.3 Å². The van der Waals surface area contributed by atoms with E-state index in [9.17, 15) is 4.79 Å². The van der Waals surface area contributed by atoms with Gasteiger partial charge in [0, 0.05) is 24.4 Å². The molecule has 2 heterocycles. The minimum atomic E-state index is -0.787. The highest BCUT2D eigenvalue weighted by Crippen LogP contribution is 2.21. The molecular formula is C13H17N3O2. The Morgan fingerprint density at radius 3 is 2.83 bits per heavy atom. The number of aromatic nitrogens is 3. The molecule has 0 aliphatic rings. The molecule has 0 aromatic carbocycles. The molecule has 0 aliphatic carbocycles. The maximum Gasteiger partial charge on any atom is 0.303 e. The zero-order valence-electron chi connectivity index (χ0n) is 10.7. The molecule has 2 aromatic rings. The molecule has 5 nitrogen and oxygen atoms in total. The molecular weight excluding hydrogens is 230 g/mol. The predicted molar refractivity (Wildman–Crippen MR) is 68.6 cm³/mol. The highest BCUT2D eigenvalue weighted by molar-refractivity contribution is 5.82. The monoisotopic (exact) mass is 247 g/mol. The number of aromatic amines is 1. The third-order valence-corrected chi connectivity index (χ3v) is 2.92. The largest absolute Gasteiger partial charge is 0.481 e. The van der Waals surface area contributed by atoms with E-state index in [0.29, 0.717) is 6.42 Å². The van der Waals surface area contributed by atoms with Crippen molar-refractivity contribution in [2.24, 2.45) is 0 Å². The van der Waals surface area contributed by atoms with Crippen molar-refractivity contribution in [1.82, 2.24) is 15.0 Å². The Morgan fingerprint density at radius 1 is 1.39 bits per heavy atom. The lowest BCUT2D eigenvalue weighted by Crippen LogP contribution is -2.00. The molecule has 0 aliphatic heterocycles. The number of rotatable bonds is 5. The number of fused-ring (bicyclic) bond motifs is 1. The Kier molecular flexibility index (Phi) is 3.60. The summed E-state index contributed by atoms with van der Waals surface area (Å²) in [7, 11) is 0. The number of aliphatic carboxylic acids is 1. The summed E-state index contributed by atoms with van der Waals surface area (Å²) >= 11 is 0. The van der Waals surface area contributed by atoms with Gasteiger partial charge in [0.25, 0.3) is 0 Å². The van der Waals surface area contributed by atoms with Crippen LogP contribution in [0.4, 0.5) is 0 Å². The van der Waals surface area contributed by atoms with Gasteiger partial charge in [-0.1, -0.05) is 6.92 Å². The lowest BCUT2D eigenvalue weighted by atomic mass is 10.1. The summed E-state index contributed by atoms with van der Waals surface area (Å²) in [6.07, 6.45) is 4.35. The third-order valence-electron chi connectivity index (χ3n) is 2.92. The van der Waals surface area contributed by atoms with Gasteiger partial charge in [-0.3, -0.25) is 4.79 Å². The lowest BCUT2D eigenvalue weighted by Gasteiger charge is -2.03. The summed E-state index contributed by atoms with van der Waals surface area (Å²) < 4.78 is 0. The van der Waals surface area contributed by atoms with Crippen LogP contribution in [0.25, 0.3) is 11.0 Å². The van der Waals surface area contributed by atoms with Gasteiger partial charge >= 0.3 is 5.97 Å². The molecule has 96 valence electrons. The molecule has 5 heteroatoms. The van der Waals surface area contributed by atoms with Gasteiger partial charge in [-0.25, -0.2) is 9.97 Å². The van der Waals surface area contributed by atoms with Crippen molar-refractivity contribution in [2.45, 2.75) is 39.5 Å². The minimum absolute atomic E-state index is 0.128. The van der Waals surface area contributed by atoms with Gasteiger partial charge in [0.1, 0.15) is 11.5 Å². The Bertz CT molecular complexity index is 575. The Balaban J connectivity index is 2.37. The number of H-pyrrole nitrogens is 1. The second kappa shape index (κ2) is 5.16. The highest BCUT2D eigenvalue weighted by atomic mass is 16.4. The summed E-state index contributed by atoms with van der Waals surface area (Å²) in [6, 6.07) is 0. The number of hydrogen-bond donors (Lipinski definition) is 2. The second-order valence-corrected chi connectivity index (χ2v) is 4.41. The Hall–Kier alpha value is -1.91. The molecule has 2 aromatic heterocycles. The number of carboxylic acids is 1. The van der Waals surface area contributed by atoms with Crippen molar-refractivity contribution in [2.75, 3.05) is 0 Å². The maximum absolute atomic E-state index is 10.6. The van der Waals surface area contributed by atoms with Crippen LogP contribution in [-0.4, -0.2) is 26.0 Å². The van der Waals surface area contributed by atoms with Crippen molar-refractivity contribution < 1.29 is 9.90 Å². The normalized spacial score (nSPS) is 11.0.